The Morgan fingerprint density at radius 1 is 0.889 bits per heavy atom. The molecule has 3 aromatic heterocycles. The van der Waals surface area contributed by atoms with Crippen LogP contribution in [0.3, 0.4) is 0 Å². The summed E-state index contributed by atoms with van der Waals surface area (Å²) in [6.45, 7) is 1.46. The van der Waals surface area contributed by atoms with Gasteiger partial charge in [-0.1, -0.05) is 24.3 Å². The second-order valence-corrected chi connectivity index (χ2v) is 9.13. The number of Topliss-reactive ketones (excluding diaryl/α,β-unsaturated/α-hetero) is 1. The number of H-pyrrole nitrogens is 1. The topological polar surface area (TPSA) is 105 Å². The summed E-state index contributed by atoms with van der Waals surface area (Å²) in [5.41, 5.74) is 3.75. The van der Waals surface area contributed by atoms with Crippen molar-refractivity contribution in [3.63, 3.8) is 0 Å². The lowest BCUT2D eigenvalue weighted by Crippen LogP contribution is -2.11. The zero-order chi connectivity index (χ0) is 25.1. The normalized spacial score (nSPS) is 11.1. The van der Waals surface area contributed by atoms with Crippen molar-refractivity contribution in [3.8, 4) is 0 Å². The summed E-state index contributed by atoms with van der Waals surface area (Å²) in [6.07, 6.45) is 5.49. The average Bonchev–Trinajstić information content (AvgIpc) is 3.55. The molecular formula is C28H20N4O3S. The Balaban J connectivity index is 1.34. The van der Waals surface area contributed by atoms with Gasteiger partial charge in [-0.3, -0.25) is 24.5 Å². The number of nitrogens with one attached hydrogen (secondary N) is 2. The van der Waals surface area contributed by atoms with Crippen molar-refractivity contribution < 1.29 is 14.4 Å². The standard InChI is InChI=1S/C28H20N4O3S/c1-17(33)25-12-13-26(36-25)28(35)30-21-7-4-5-18(15-21)27(34)19-8-10-22-23(31-32-24(22)16-19)11-9-20-6-2-3-14-29-20/h2-16H,1H3,(H,30,35)(H,31,32)/b11-9+. The van der Waals surface area contributed by atoms with Crippen molar-refractivity contribution in [2.45, 2.75) is 6.92 Å². The van der Waals surface area contributed by atoms with Gasteiger partial charge in [-0.15, -0.1) is 11.3 Å². The lowest BCUT2D eigenvalue weighted by Gasteiger charge is -2.07. The number of carbonyl (C=O) groups is 3. The molecule has 5 rings (SSSR count). The van der Waals surface area contributed by atoms with Crippen LogP contribution in [0.1, 0.15) is 53.6 Å². The zero-order valence-corrected chi connectivity index (χ0v) is 20.0. The summed E-state index contributed by atoms with van der Waals surface area (Å²) < 4.78 is 0. The quantitative estimate of drug-likeness (QED) is 0.276. The van der Waals surface area contributed by atoms with E-state index in [9.17, 15) is 14.4 Å². The molecule has 36 heavy (non-hydrogen) atoms. The first kappa shape index (κ1) is 23.1. The number of nitrogens with zero attached hydrogens (tertiary/aromatic N) is 2. The first-order valence-electron chi connectivity index (χ1n) is 11.1. The van der Waals surface area contributed by atoms with Gasteiger partial charge in [0.25, 0.3) is 5.91 Å². The van der Waals surface area contributed by atoms with Crippen molar-refractivity contribution in [1.29, 1.82) is 0 Å². The summed E-state index contributed by atoms with van der Waals surface area (Å²) in [4.78, 5) is 42.5. The monoisotopic (exact) mass is 492 g/mol. The van der Waals surface area contributed by atoms with Crippen LogP contribution in [0.4, 0.5) is 5.69 Å². The van der Waals surface area contributed by atoms with E-state index in [0.29, 0.717) is 26.6 Å². The van der Waals surface area contributed by atoms with Gasteiger partial charge < -0.3 is 5.32 Å². The zero-order valence-electron chi connectivity index (χ0n) is 19.2. The molecule has 7 nitrogen and oxygen atoms in total. The molecule has 3 heterocycles. The summed E-state index contributed by atoms with van der Waals surface area (Å²) >= 11 is 1.13. The molecule has 2 aromatic carbocycles. The number of rotatable bonds is 7. The Hall–Kier alpha value is -4.69. The minimum Gasteiger partial charge on any atom is -0.321 e. The van der Waals surface area contributed by atoms with Gasteiger partial charge in [-0.2, -0.15) is 5.10 Å². The van der Waals surface area contributed by atoms with E-state index in [1.807, 2.05) is 36.4 Å². The molecule has 0 spiro atoms. The molecule has 0 fully saturated rings. The fourth-order valence-electron chi connectivity index (χ4n) is 3.69. The molecule has 0 saturated carbocycles. The Morgan fingerprint density at radius 2 is 1.72 bits per heavy atom. The number of fused-ring (bicyclic) bond motifs is 1. The molecule has 2 N–H and O–H groups in total. The van der Waals surface area contributed by atoms with E-state index >= 15 is 0 Å². The fourth-order valence-corrected chi connectivity index (χ4v) is 4.49. The molecule has 0 aliphatic rings. The van der Waals surface area contributed by atoms with Crippen molar-refractivity contribution in [2.75, 3.05) is 5.32 Å². The second-order valence-electron chi connectivity index (χ2n) is 8.04. The molecule has 8 heteroatoms. The minimum atomic E-state index is -0.331. The third kappa shape index (κ3) is 4.89. The molecule has 1 amide bonds. The van der Waals surface area contributed by atoms with E-state index in [1.54, 1.807) is 54.7 Å². The molecule has 0 aliphatic heterocycles. The maximum absolute atomic E-state index is 13.2. The number of thiophene rings is 1. The molecule has 0 unspecified atom stereocenters. The van der Waals surface area contributed by atoms with E-state index in [-0.39, 0.29) is 17.5 Å². The van der Waals surface area contributed by atoms with Crippen LogP contribution in [0.25, 0.3) is 23.1 Å². The van der Waals surface area contributed by atoms with Crippen LogP contribution >= 0.6 is 11.3 Å². The number of aromatic nitrogens is 3. The summed E-state index contributed by atoms with van der Waals surface area (Å²) in [5, 5.41) is 11.0. The molecular weight excluding hydrogens is 472 g/mol. The minimum absolute atomic E-state index is 0.0859. The van der Waals surface area contributed by atoms with Crippen molar-refractivity contribution in [3.05, 3.63) is 111 Å². The highest BCUT2D eigenvalue weighted by molar-refractivity contribution is 7.16. The van der Waals surface area contributed by atoms with E-state index in [0.717, 1.165) is 33.6 Å². The van der Waals surface area contributed by atoms with Crippen LogP contribution < -0.4 is 5.32 Å². The lowest BCUT2D eigenvalue weighted by atomic mass is 10.0. The van der Waals surface area contributed by atoms with Crippen LogP contribution in [0.2, 0.25) is 0 Å². The molecule has 0 saturated heterocycles. The Labute approximate surface area is 210 Å². The largest absolute Gasteiger partial charge is 0.321 e. The molecule has 0 atom stereocenters. The van der Waals surface area contributed by atoms with E-state index in [1.165, 1.54) is 6.92 Å². The highest BCUT2D eigenvalue weighted by atomic mass is 32.1. The summed E-state index contributed by atoms with van der Waals surface area (Å²) in [5.74, 6) is -0.595. The highest BCUT2D eigenvalue weighted by Gasteiger charge is 2.15. The number of hydrogen-bond donors (Lipinski definition) is 2. The number of anilines is 1. The van der Waals surface area contributed by atoms with E-state index in [4.69, 9.17) is 0 Å². The highest BCUT2D eigenvalue weighted by Crippen LogP contribution is 2.23. The second kappa shape index (κ2) is 9.89. The van der Waals surface area contributed by atoms with Gasteiger partial charge in [0.1, 0.15) is 0 Å². The molecule has 0 radical (unpaired) electrons. The van der Waals surface area contributed by atoms with Gasteiger partial charge in [0.15, 0.2) is 11.6 Å². The van der Waals surface area contributed by atoms with Crippen LogP contribution in [0.5, 0.6) is 0 Å². The molecule has 0 aliphatic carbocycles. The van der Waals surface area contributed by atoms with Gasteiger partial charge in [-0.05, 0) is 67.6 Å². The van der Waals surface area contributed by atoms with Gasteiger partial charge in [0.05, 0.1) is 26.7 Å². The molecule has 0 bridgehead atoms. The molecule has 5 aromatic rings. The third-order valence-corrected chi connectivity index (χ3v) is 6.70. The third-order valence-electron chi connectivity index (χ3n) is 5.51. The number of amides is 1. The van der Waals surface area contributed by atoms with Gasteiger partial charge in [0, 0.05) is 28.4 Å². The van der Waals surface area contributed by atoms with Gasteiger partial charge in [-0.25, -0.2) is 0 Å². The van der Waals surface area contributed by atoms with Crippen LogP contribution in [0, 0.1) is 0 Å². The first-order chi connectivity index (χ1) is 17.5. The van der Waals surface area contributed by atoms with Crippen molar-refractivity contribution >= 4 is 57.6 Å². The number of hydrogen-bond acceptors (Lipinski definition) is 6. The maximum atomic E-state index is 13.2. The van der Waals surface area contributed by atoms with E-state index in [2.05, 4.69) is 20.5 Å². The summed E-state index contributed by atoms with van der Waals surface area (Å²) in [6, 6.07) is 21.1. The van der Waals surface area contributed by atoms with Crippen molar-refractivity contribution in [1.82, 2.24) is 15.2 Å². The Morgan fingerprint density at radius 3 is 2.50 bits per heavy atom. The Bertz CT molecular complexity index is 1630. The summed E-state index contributed by atoms with van der Waals surface area (Å²) in [7, 11) is 0. The van der Waals surface area contributed by atoms with Crippen molar-refractivity contribution in [2.24, 2.45) is 0 Å². The maximum Gasteiger partial charge on any atom is 0.265 e. The number of pyridine rings is 1. The predicted octanol–water partition coefficient (Wildman–Crippen LogP) is 5.88. The number of aromatic amines is 1. The predicted molar refractivity (Wildman–Crippen MR) is 141 cm³/mol. The Kier molecular flexibility index (Phi) is 6.34. The van der Waals surface area contributed by atoms with Crippen LogP contribution in [0.15, 0.2) is 79.0 Å². The number of ketones is 2. The van der Waals surface area contributed by atoms with Crippen LogP contribution in [-0.4, -0.2) is 32.7 Å². The lowest BCUT2D eigenvalue weighted by molar-refractivity contribution is 0.101. The van der Waals surface area contributed by atoms with Gasteiger partial charge >= 0.3 is 0 Å². The number of carbonyl (C=O) groups excluding carboxylic acids is 3. The molecule has 176 valence electrons. The smallest absolute Gasteiger partial charge is 0.265 e. The number of benzene rings is 2. The average molecular weight is 493 g/mol. The van der Waals surface area contributed by atoms with Crippen LogP contribution in [-0.2, 0) is 0 Å². The van der Waals surface area contributed by atoms with Gasteiger partial charge in [0.2, 0.25) is 0 Å². The van der Waals surface area contributed by atoms with E-state index < -0.39 is 0 Å². The SMILES string of the molecule is CC(=O)c1ccc(C(=O)Nc2cccc(C(=O)c3ccc4c(/C=C/c5ccccn5)n[nH]c4c3)c2)s1. The fraction of sp³-hybridized carbons (Fsp3) is 0.0357. The first-order valence-corrected chi connectivity index (χ1v) is 11.9.